The first kappa shape index (κ1) is 20.9. The predicted octanol–water partition coefficient (Wildman–Crippen LogP) is 4.26. The van der Waals surface area contributed by atoms with Crippen LogP contribution in [0.15, 0.2) is 72.8 Å². The van der Waals surface area contributed by atoms with Gasteiger partial charge in [0.25, 0.3) is 11.8 Å². The third-order valence-corrected chi connectivity index (χ3v) is 4.89. The molecule has 3 aromatic carbocycles. The van der Waals surface area contributed by atoms with Crippen LogP contribution >= 0.6 is 0 Å². The van der Waals surface area contributed by atoms with Gasteiger partial charge in [0.05, 0.1) is 25.6 Å². The molecule has 0 aliphatic rings. The Kier molecular flexibility index (Phi) is 6.37. The third-order valence-electron chi connectivity index (χ3n) is 4.89. The lowest BCUT2D eigenvalue weighted by atomic mass is 10.1. The summed E-state index contributed by atoms with van der Waals surface area (Å²) in [6, 6.07) is 21.1. The Bertz CT molecular complexity index is 945. The Hall–Kier alpha value is -3.80. The maximum atomic E-state index is 13.0. The molecule has 0 aliphatic heterocycles. The van der Waals surface area contributed by atoms with Crippen LogP contribution in [0.4, 0.5) is 11.4 Å². The van der Waals surface area contributed by atoms with Crippen molar-refractivity contribution in [3.05, 3.63) is 83.9 Å². The molecule has 0 aromatic heterocycles. The van der Waals surface area contributed by atoms with Crippen molar-refractivity contribution in [3.8, 4) is 11.5 Å². The molecule has 0 radical (unpaired) electrons. The molecule has 6 heteroatoms. The molecule has 0 spiro atoms. The van der Waals surface area contributed by atoms with Crippen molar-refractivity contribution in [2.45, 2.75) is 0 Å². The van der Waals surface area contributed by atoms with E-state index in [1.165, 1.54) is 9.80 Å². The minimum absolute atomic E-state index is 0.185. The van der Waals surface area contributed by atoms with E-state index in [0.29, 0.717) is 34.0 Å². The van der Waals surface area contributed by atoms with Gasteiger partial charge in [-0.05, 0) is 60.7 Å². The Morgan fingerprint density at radius 1 is 0.600 bits per heavy atom. The van der Waals surface area contributed by atoms with Crippen LogP contribution in [0.1, 0.15) is 20.7 Å². The number of amides is 2. The normalized spacial score (nSPS) is 10.3. The maximum absolute atomic E-state index is 13.0. The van der Waals surface area contributed by atoms with Crippen LogP contribution in [-0.2, 0) is 0 Å². The second kappa shape index (κ2) is 9.13. The highest BCUT2D eigenvalue weighted by molar-refractivity contribution is 6.11. The summed E-state index contributed by atoms with van der Waals surface area (Å²) in [6.45, 7) is 0. The van der Waals surface area contributed by atoms with Gasteiger partial charge in [0.2, 0.25) is 0 Å². The molecule has 3 rings (SSSR count). The van der Waals surface area contributed by atoms with Gasteiger partial charge in [-0.1, -0.05) is 12.1 Å². The van der Waals surface area contributed by atoms with Gasteiger partial charge in [-0.15, -0.1) is 0 Å². The number of para-hydroxylation sites is 2. The number of carbonyl (C=O) groups is 2. The summed E-state index contributed by atoms with van der Waals surface area (Å²) in [5.74, 6) is 0.990. The van der Waals surface area contributed by atoms with E-state index in [1.807, 2.05) is 24.3 Å². The highest BCUT2D eigenvalue weighted by Crippen LogP contribution is 2.30. The molecular weight excluding hydrogens is 380 g/mol. The summed E-state index contributed by atoms with van der Waals surface area (Å²) in [5.41, 5.74) is 2.31. The molecule has 2 amide bonds. The number of methoxy groups -OCH3 is 2. The third kappa shape index (κ3) is 4.27. The fraction of sp³-hybridized carbons (Fsp3) is 0.167. The lowest BCUT2D eigenvalue weighted by molar-refractivity contribution is 0.0981. The number of hydrogen-bond acceptors (Lipinski definition) is 4. The van der Waals surface area contributed by atoms with Gasteiger partial charge < -0.3 is 19.3 Å². The lowest BCUT2D eigenvalue weighted by Gasteiger charge is -2.26. The summed E-state index contributed by atoms with van der Waals surface area (Å²) in [5, 5.41) is 0. The number of rotatable bonds is 6. The average molecular weight is 404 g/mol. The standard InChI is InChI=1S/C24H24N2O4/c1-25(23(27)17-9-13-19(29-3)14-10-17)21-7-5-6-8-22(21)26(2)24(28)18-11-15-20(30-4)16-12-18/h5-16H,1-4H3. The molecule has 0 unspecified atom stereocenters. The molecule has 6 nitrogen and oxygen atoms in total. The fourth-order valence-electron chi connectivity index (χ4n) is 3.10. The first-order chi connectivity index (χ1) is 14.5. The molecule has 0 heterocycles. The highest BCUT2D eigenvalue weighted by Gasteiger charge is 2.21. The molecule has 0 atom stereocenters. The molecule has 30 heavy (non-hydrogen) atoms. The fourth-order valence-corrected chi connectivity index (χ4v) is 3.10. The van der Waals surface area contributed by atoms with E-state index in [9.17, 15) is 9.59 Å². The zero-order valence-electron chi connectivity index (χ0n) is 17.5. The average Bonchev–Trinajstić information content (AvgIpc) is 2.82. The van der Waals surface area contributed by atoms with Crippen molar-refractivity contribution in [1.82, 2.24) is 0 Å². The smallest absolute Gasteiger partial charge is 0.258 e. The van der Waals surface area contributed by atoms with E-state index in [2.05, 4.69) is 0 Å². The van der Waals surface area contributed by atoms with Gasteiger partial charge in [-0.25, -0.2) is 0 Å². The van der Waals surface area contributed by atoms with E-state index in [-0.39, 0.29) is 11.8 Å². The van der Waals surface area contributed by atoms with Gasteiger partial charge in [-0.3, -0.25) is 9.59 Å². The van der Waals surface area contributed by atoms with Crippen LogP contribution in [0.25, 0.3) is 0 Å². The Labute approximate surface area is 176 Å². The number of ether oxygens (including phenoxy) is 2. The van der Waals surface area contributed by atoms with Crippen LogP contribution in [0, 0.1) is 0 Å². The second-order valence-electron chi connectivity index (χ2n) is 6.67. The second-order valence-corrected chi connectivity index (χ2v) is 6.67. The van der Waals surface area contributed by atoms with E-state index in [0.717, 1.165) is 0 Å². The van der Waals surface area contributed by atoms with Crippen molar-refractivity contribution in [3.63, 3.8) is 0 Å². The SMILES string of the molecule is COc1ccc(C(=O)N(C)c2ccccc2N(C)C(=O)c2ccc(OC)cc2)cc1. The lowest BCUT2D eigenvalue weighted by Crippen LogP contribution is -2.31. The zero-order valence-corrected chi connectivity index (χ0v) is 17.5. The summed E-state index contributed by atoms with van der Waals surface area (Å²) >= 11 is 0. The molecule has 0 N–H and O–H groups in total. The molecule has 0 saturated heterocycles. The van der Waals surface area contributed by atoms with Crippen molar-refractivity contribution in [1.29, 1.82) is 0 Å². The molecule has 0 aliphatic carbocycles. The highest BCUT2D eigenvalue weighted by atomic mass is 16.5. The number of hydrogen-bond donors (Lipinski definition) is 0. The molecule has 3 aromatic rings. The Balaban J connectivity index is 1.88. The van der Waals surface area contributed by atoms with E-state index in [4.69, 9.17) is 9.47 Å². The topological polar surface area (TPSA) is 59.1 Å². The Morgan fingerprint density at radius 3 is 1.23 bits per heavy atom. The maximum Gasteiger partial charge on any atom is 0.258 e. The van der Waals surface area contributed by atoms with Crippen molar-refractivity contribution < 1.29 is 19.1 Å². The van der Waals surface area contributed by atoms with Crippen molar-refractivity contribution in [2.24, 2.45) is 0 Å². The van der Waals surface area contributed by atoms with Gasteiger partial charge in [0.15, 0.2) is 0 Å². The first-order valence-electron chi connectivity index (χ1n) is 9.39. The molecule has 0 bridgehead atoms. The van der Waals surface area contributed by atoms with E-state index >= 15 is 0 Å². The summed E-state index contributed by atoms with van der Waals surface area (Å²) in [7, 11) is 6.54. The van der Waals surface area contributed by atoms with E-state index < -0.39 is 0 Å². The predicted molar refractivity (Wildman–Crippen MR) is 118 cm³/mol. The molecular formula is C24H24N2O4. The summed E-state index contributed by atoms with van der Waals surface area (Å²) in [6.07, 6.45) is 0. The number of nitrogens with zero attached hydrogens (tertiary/aromatic N) is 2. The Morgan fingerprint density at radius 2 is 0.933 bits per heavy atom. The summed E-state index contributed by atoms with van der Waals surface area (Å²) < 4.78 is 10.3. The van der Waals surface area contributed by atoms with Crippen molar-refractivity contribution >= 4 is 23.2 Å². The largest absolute Gasteiger partial charge is 0.497 e. The number of benzene rings is 3. The van der Waals surface area contributed by atoms with Gasteiger partial charge in [-0.2, -0.15) is 0 Å². The quantitative estimate of drug-likeness (QED) is 0.616. The van der Waals surface area contributed by atoms with Gasteiger partial charge >= 0.3 is 0 Å². The van der Waals surface area contributed by atoms with Crippen LogP contribution in [0.2, 0.25) is 0 Å². The van der Waals surface area contributed by atoms with Gasteiger partial charge in [0.1, 0.15) is 11.5 Å². The van der Waals surface area contributed by atoms with Crippen LogP contribution in [0.3, 0.4) is 0 Å². The summed E-state index contributed by atoms with van der Waals surface area (Å²) in [4.78, 5) is 29.1. The number of anilines is 2. The van der Waals surface area contributed by atoms with Crippen molar-refractivity contribution in [2.75, 3.05) is 38.1 Å². The molecule has 0 saturated carbocycles. The zero-order chi connectivity index (χ0) is 21.7. The van der Waals surface area contributed by atoms with Gasteiger partial charge in [0, 0.05) is 25.2 Å². The molecule has 0 fully saturated rings. The van der Waals surface area contributed by atoms with Crippen LogP contribution in [0.5, 0.6) is 11.5 Å². The van der Waals surface area contributed by atoms with Crippen LogP contribution < -0.4 is 19.3 Å². The van der Waals surface area contributed by atoms with Crippen LogP contribution in [-0.4, -0.2) is 40.1 Å². The molecule has 154 valence electrons. The first-order valence-corrected chi connectivity index (χ1v) is 9.39. The number of carbonyl (C=O) groups excluding carboxylic acids is 2. The van der Waals surface area contributed by atoms with E-state index in [1.54, 1.807) is 76.8 Å². The minimum atomic E-state index is -0.185. The minimum Gasteiger partial charge on any atom is -0.497 e. The monoisotopic (exact) mass is 404 g/mol.